The maximum absolute atomic E-state index is 13.7. The molecule has 1 saturated carbocycles. The fourth-order valence-electron chi connectivity index (χ4n) is 4.49. The highest BCUT2D eigenvalue weighted by Crippen LogP contribution is 2.44. The smallest absolute Gasteiger partial charge is 0.230 e. The molecule has 1 saturated heterocycles. The third kappa shape index (κ3) is 3.46. The van der Waals surface area contributed by atoms with Gasteiger partial charge < -0.3 is 15.0 Å². The van der Waals surface area contributed by atoms with Crippen LogP contribution in [0, 0.1) is 5.82 Å². The van der Waals surface area contributed by atoms with E-state index in [0.717, 1.165) is 62.2 Å². The number of para-hydroxylation sites is 2. The topological polar surface area (TPSA) is 41.6 Å². The predicted molar refractivity (Wildman–Crippen MR) is 108 cm³/mol. The first-order chi connectivity index (χ1) is 13.6. The van der Waals surface area contributed by atoms with Gasteiger partial charge in [0.2, 0.25) is 5.91 Å². The highest BCUT2D eigenvalue weighted by molar-refractivity contribution is 5.89. The van der Waals surface area contributed by atoms with Crippen LogP contribution in [0.4, 0.5) is 10.1 Å². The molecule has 0 aromatic heterocycles. The van der Waals surface area contributed by atoms with Crippen LogP contribution in [0.1, 0.15) is 37.7 Å². The molecule has 0 spiro atoms. The predicted octanol–water partition coefficient (Wildman–Crippen LogP) is 4.04. The number of methoxy groups -OCH3 is 1. The van der Waals surface area contributed by atoms with E-state index < -0.39 is 5.41 Å². The molecular weight excluding hydrogens is 355 g/mol. The highest BCUT2D eigenvalue weighted by Gasteiger charge is 2.46. The molecule has 2 aromatic rings. The van der Waals surface area contributed by atoms with Crippen molar-refractivity contribution < 1.29 is 13.9 Å². The van der Waals surface area contributed by atoms with E-state index in [9.17, 15) is 9.18 Å². The number of carbonyl (C=O) groups excluding carboxylic acids is 1. The van der Waals surface area contributed by atoms with Crippen LogP contribution in [0.2, 0.25) is 0 Å². The van der Waals surface area contributed by atoms with Crippen LogP contribution in [0.25, 0.3) is 0 Å². The average Bonchev–Trinajstić information content (AvgIpc) is 2.67. The Morgan fingerprint density at radius 1 is 1.18 bits per heavy atom. The van der Waals surface area contributed by atoms with Crippen LogP contribution in [0.3, 0.4) is 0 Å². The zero-order valence-corrected chi connectivity index (χ0v) is 16.3. The molecule has 1 heterocycles. The average molecular weight is 382 g/mol. The third-order valence-electron chi connectivity index (χ3n) is 6.20. The van der Waals surface area contributed by atoms with E-state index >= 15 is 0 Å². The molecule has 148 valence electrons. The molecular formula is C23H27FN2O2. The molecule has 28 heavy (non-hydrogen) atoms. The molecule has 2 aliphatic rings. The first-order valence-corrected chi connectivity index (χ1v) is 10.1. The zero-order valence-electron chi connectivity index (χ0n) is 16.3. The summed E-state index contributed by atoms with van der Waals surface area (Å²) >= 11 is 0. The number of benzene rings is 2. The monoisotopic (exact) mass is 382 g/mol. The van der Waals surface area contributed by atoms with Crippen LogP contribution < -0.4 is 15.0 Å². The van der Waals surface area contributed by atoms with Crippen molar-refractivity contribution in [1.29, 1.82) is 0 Å². The number of rotatable bonds is 5. The summed E-state index contributed by atoms with van der Waals surface area (Å²) in [6.45, 7) is 1.70. The van der Waals surface area contributed by atoms with E-state index in [1.165, 1.54) is 12.1 Å². The molecule has 2 aromatic carbocycles. The van der Waals surface area contributed by atoms with Gasteiger partial charge >= 0.3 is 0 Å². The molecule has 5 heteroatoms. The maximum Gasteiger partial charge on any atom is 0.230 e. The second kappa shape index (κ2) is 7.82. The first kappa shape index (κ1) is 18.8. The lowest BCUT2D eigenvalue weighted by molar-refractivity contribution is -0.130. The minimum Gasteiger partial charge on any atom is -0.495 e. The van der Waals surface area contributed by atoms with Crippen LogP contribution in [-0.2, 0) is 10.2 Å². The van der Waals surface area contributed by atoms with Crippen LogP contribution in [-0.4, -0.2) is 32.1 Å². The normalized spacial score (nSPS) is 20.9. The Balaban J connectivity index is 1.48. The maximum atomic E-state index is 13.7. The van der Waals surface area contributed by atoms with Gasteiger partial charge in [-0.25, -0.2) is 4.39 Å². The second-order valence-corrected chi connectivity index (χ2v) is 7.88. The Morgan fingerprint density at radius 3 is 2.71 bits per heavy atom. The summed E-state index contributed by atoms with van der Waals surface area (Å²) in [5.41, 5.74) is 1.29. The largest absolute Gasteiger partial charge is 0.495 e. The summed E-state index contributed by atoms with van der Waals surface area (Å²) in [6, 6.07) is 14.6. The van der Waals surface area contributed by atoms with Gasteiger partial charge in [-0.05, 0) is 55.5 Å². The lowest BCUT2D eigenvalue weighted by Crippen LogP contribution is -2.55. The van der Waals surface area contributed by atoms with E-state index in [0.29, 0.717) is 0 Å². The van der Waals surface area contributed by atoms with Gasteiger partial charge in [0.05, 0.1) is 18.2 Å². The Hall–Kier alpha value is -2.56. The van der Waals surface area contributed by atoms with Gasteiger partial charge in [0.25, 0.3) is 0 Å². The zero-order chi connectivity index (χ0) is 19.6. The van der Waals surface area contributed by atoms with Gasteiger partial charge in [-0.3, -0.25) is 4.79 Å². The van der Waals surface area contributed by atoms with Crippen LogP contribution >= 0.6 is 0 Å². The molecule has 4 rings (SSSR count). The third-order valence-corrected chi connectivity index (χ3v) is 6.20. The minimum absolute atomic E-state index is 0.0382. The summed E-state index contributed by atoms with van der Waals surface area (Å²) in [5.74, 6) is 0.609. The van der Waals surface area contributed by atoms with Crippen molar-refractivity contribution in [1.82, 2.24) is 5.32 Å². The van der Waals surface area contributed by atoms with Crippen LogP contribution in [0.15, 0.2) is 48.5 Å². The molecule has 1 unspecified atom stereocenters. The summed E-state index contributed by atoms with van der Waals surface area (Å²) < 4.78 is 19.2. The number of carbonyl (C=O) groups is 1. The van der Waals surface area contributed by atoms with Crippen LogP contribution in [0.5, 0.6) is 5.75 Å². The van der Waals surface area contributed by atoms with Crippen molar-refractivity contribution in [2.24, 2.45) is 0 Å². The number of nitrogens with one attached hydrogen (secondary N) is 1. The number of hydrogen-bond donors (Lipinski definition) is 1. The van der Waals surface area contributed by atoms with Crippen molar-refractivity contribution in [3.05, 3.63) is 59.9 Å². The van der Waals surface area contributed by atoms with E-state index in [-0.39, 0.29) is 17.8 Å². The number of amides is 1. The SMILES string of the molecule is COc1ccccc1N1CCCC(NC(=O)C2(c3cccc(F)c3)CCC2)C1. The minimum atomic E-state index is -0.575. The molecule has 1 N–H and O–H groups in total. The van der Waals surface area contributed by atoms with Crippen molar-refractivity contribution in [2.75, 3.05) is 25.1 Å². The Labute approximate surface area is 165 Å². The number of nitrogens with zero attached hydrogens (tertiary/aromatic N) is 1. The van der Waals surface area contributed by atoms with Crippen molar-refractivity contribution in [2.45, 2.75) is 43.6 Å². The quantitative estimate of drug-likeness (QED) is 0.849. The van der Waals surface area contributed by atoms with Gasteiger partial charge in [0.1, 0.15) is 11.6 Å². The van der Waals surface area contributed by atoms with E-state index in [1.54, 1.807) is 13.2 Å². The summed E-state index contributed by atoms with van der Waals surface area (Å²) in [7, 11) is 1.68. The molecule has 1 amide bonds. The van der Waals surface area contributed by atoms with Gasteiger partial charge in [0, 0.05) is 19.1 Å². The van der Waals surface area contributed by atoms with Crippen molar-refractivity contribution in [3.63, 3.8) is 0 Å². The first-order valence-electron chi connectivity index (χ1n) is 10.1. The van der Waals surface area contributed by atoms with E-state index in [1.807, 2.05) is 24.3 Å². The van der Waals surface area contributed by atoms with Crippen molar-refractivity contribution >= 4 is 11.6 Å². The van der Waals surface area contributed by atoms with Gasteiger partial charge in [0.15, 0.2) is 0 Å². The number of hydrogen-bond acceptors (Lipinski definition) is 3. The molecule has 2 fully saturated rings. The lowest BCUT2D eigenvalue weighted by Gasteiger charge is -2.43. The Bertz CT molecular complexity index is 850. The van der Waals surface area contributed by atoms with Crippen molar-refractivity contribution in [3.8, 4) is 5.75 Å². The molecule has 1 aliphatic carbocycles. The number of halogens is 1. The lowest BCUT2D eigenvalue weighted by atomic mass is 9.63. The second-order valence-electron chi connectivity index (χ2n) is 7.88. The number of piperidine rings is 1. The highest BCUT2D eigenvalue weighted by atomic mass is 19.1. The fourth-order valence-corrected chi connectivity index (χ4v) is 4.49. The number of ether oxygens (including phenoxy) is 1. The summed E-state index contributed by atoms with van der Waals surface area (Å²) in [5, 5.41) is 3.27. The van der Waals surface area contributed by atoms with Gasteiger partial charge in [-0.2, -0.15) is 0 Å². The Morgan fingerprint density at radius 2 is 2.00 bits per heavy atom. The number of anilines is 1. The summed E-state index contributed by atoms with van der Waals surface area (Å²) in [4.78, 5) is 15.5. The fraction of sp³-hybridized carbons (Fsp3) is 0.435. The standard InChI is InChI=1S/C23H27FN2O2/c1-28-21-11-3-2-10-20(21)26-14-5-9-19(16-26)25-22(27)23(12-6-13-23)17-7-4-8-18(24)15-17/h2-4,7-8,10-11,15,19H,5-6,9,12-14,16H2,1H3,(H,25,27). The Kier molecular flexibility index (Phi) is 5.25. The van der Waals surface area contributed by atoms with Gasteiger partial charge in [-0.15, -0.1) is 0 Å². The van der Waals surface area contributed by atoms with E-state index in [4.69, 9.17) is 4.74 Å². The molecule has 1 atom stereocenters. The van der Waals surface area contributed by atoms with Gasteiger partial charge in [-0.1, -0.05) is 30.7 Å². The summed E-state index contributed by atoms with van der Waals surface area (Å²) in [6.07, 6.45) is 4.53. The molecule has 0 bridgehead atoms. The molecule has 4 nitrogen and oxygen atoms in total. The molecule has 1 aliphatic heterocycles. The van der Waals surface area contributed by atoms with E-state index in [2.05, 4.69) is 16.3 Å². The molecule has 0 radical (unpaired) electrons.